The summed E-state index contributed by atoms with van der Waals surface area (Å²) in [5, 5.41) is 30.2. The van der Waals surface area contributed by atoms with E-state index in [2.05, 4.69) is 0 Å². The molecule has 4 aromatic rings. The summed E-state index contributed by atoms with van der Waals surface area (Å²) >= 11 is 0. The largest absolute Gasteiger partial charge is 0.508 e. The molecule has 1 unspecified atom stereocenters. The first kappa shape index (κ1) is 25.7. The second-order valence-electron chi connectivity index (χ2n) is 9.33. The Kier molecular flexibility index (Phi) is 5.99. The normalized spacial score (nSPS) is 18.4. The van der Waals surface area contributed by atoms with Gasteiger partial charge in [-0.1, -0.05) is 34.8 Å². The fourth-order valence-electron chi connectivity index (χ4n) is 4.98. The molecule has 1 saturated heterocycles. The maximum absolute atomic E-state index is 13.1. The van der Waals surface area contributed by atoms with Crippen molar-refractivity contribution in [2.45, 2.75) is 11.9 Å². The van der Waals surface area contributed by atoms with E-state index in [1.54, 1.807) is 29.6 Å². The third-order valence-electron chi connectivity index (χ3n) is 6.80. The number of benzene rings is 4. The smallest absolute Gasteiger partial charge is 0.352 e. The number of carbonyl (C=O) groups is 2. The van der Waals surface area contributed by atoms with Crippen LogP contribution in [-0.2, 0) is 10.3 Å². The predicted octanol–water partition coefficient (Wildman–Crippen LogP) is 5.60. The highest BCUT2D eigenvalue weighted by Crippen LogP contribution is 2.56. The number of aromatic hydroxyl groups is 3. The average Bonchev–Trinajstić information content (AvgIpc) is 3.37. The van der Waals surface area contributed by atoms with Gasteiger partial charge in [-0.3, -0.25) is 0 Å². The van der Waals surface area contributed by atoms with Gasteiger partial charge in [0.05, 0.1) is 5.56 Å². The van der Waals surface area contributed by atoms with Crippen molar-refractivity contribution in [1.29, 1.82) is 0 Å². The summed E-state index contributed by atoms with van der Waals surface area (Å²) in [6, 6.07) is 21.2. The van der Waals surface area contributed by atoms with E-state index in [0.717, 1.165) is 0 Å². The van der Waals surface area contributed by atoms with Crippen LogP contribution in [0.15, 0.2) is 90.6 Å². The lowest BCUT2D eigenvalue weighted by Crippen LogP contribution is -2.32. The molecule has 4 aromatic carbocycles. The molecule has 1 spiro atoms. The number of hydrogen-bond donors (Lipinski definition) is 4. The van der Waals surface area contributed by atoms with Crippen molar-refractivity contribution in [3.8, 4) is 28.7 Å². The lowest BCUT2D eigenvalue weighted by molar-refractivity contribution is 0.0224. The summed E-state index contributed by atoms with van der Waals surface area (Å²) in [5.41, 5.74) is 1.36. The molecule has 9 nitrogen and oxygen atoms in total. The first-order chi connectivity index (χ1) is 19.7. The molecule has 0 aromatic heterocycles. The van der Waals surface area contributed by atoms with E-state index < -0.39 is 29.6 Å². The van der Waals surface area contributed by atoms with Crippen LogP contribution in [0.25, 0.3) is 6.08 Å². The third-order valence-corrected chi connectivity index (χ3v) is 6.80. The molecule has 0 radical (unpaired) electrons. The number of esters is 1. The lowest BCUT2D eigenvalue weighted by Gasteiger charge is -2.36. The third kappa shape index (κ3) is 4.24. The summed E-state index contributed by atoms with van der Waals surface area (Å²) in [7, 11) is 0. The fraction of sp³-hybridized carbons (Fsp3) is 0.0667. The fourth-order valence-corrected chi connectivity index (χ4v) is 4.98. The zero-order chi connectivity index (χ0) is 28.9. The summed E-state index contributed by atoms with van der Waals surface area (Å²) in [6.07, 6.45) is -0.673. The summed E-state index contributed by atoms with van der Waals surface area (Å²) in [5.74, 6) is 0.461. The van der Waals surface area contributed by atoms with E-state index in [9.17, 15) is 28.7 Å². The highest BCUT2D eigenvalue weighted by Gasteiger charge is 2.53. The molecule has 1 fully saturated rings. The van der Waals surface area contributed by atoms with Gasteiger partial charge in [0.25, 0.3) is 0 Å². The zero-order valence-corrected chi connectivity index (χ0v) is 20.9. The van der Waals surface area contributed by atoms with Gasteiger partial charge in [-0.05, 0) is 54.1 Å². The van der Waals surface area contributed by atoms with E-state index in [-0.39, 0.29) is 22.4 Å². The molecular weight excluding hydrogens is 538 g/mol. The molecule has 3 aliphatic heterocycles. The number of nitrogens with one attached hydrogen (secondary N) is 1. The highest BCUT2D eigenvalue weighted by molar-refractivity contribution is 5.97. The Hall–Kier alpha value is -5.58. The summed E-state index contributed by atoms with van der Waals surface area (Å²) in [4.78, 5) is 23.3. The minimum atomic E-state index is -1.86. The van der Waals surface area contributed by atoms with E-state index in [4.69, 9.17) is 14.6 Å². The molecule has 3 heterocycles. The van der Waals surface area contributed by atoms with Crippen molar-refractivity contribution in [3.63, 3.8) is 0 Å². The number of alkyl halides is 1. The van der Waals surface area contributed by atoms with Crippen LogP contribution in [0.4, 0.5) is 13.7 Å². The Labute approximate surface area is 231 Å². The molecular formula is C30H20F2N2O7. The molecule has 41 heavy (non-hydrogen) atoms. The number of rotatable bonds is 1. The molecule has 7 rings (SSSR count). The van der Waals surface area contributed by atoms with Crippen molar-refractivity contribution < 1.29 is 43.3 Å². The van der Waals surface area contributed by atoms with Crippen LogP contribution in [-0.4, -0.2) is 38.7 Å². The van der Waals surface area contributed by atoms with Gasteiger partial charge in [-0.2, -0.15) is 0 Å². The molecule has 1 atom stereocenters. The predicted molar refractivity (Wildman–Crippen MR) is 140 cm³/mol. The number of halogens is 2. The number of nitrogens with zero attached hydrogens (tertiary/aromatic N) is 1. The van der Waals surface area contributed by atoms with Crippen molar-refractivity contribution in [2.75, 3.05) is 0 Å². The van der Waals surface area contributed by atoms with Crippen LogP contribution in [0.2, 0.25) is 0 Å². The molecule has 206 valence electrons. The minimum Gasteiger partial charge on any atom is -0.508 e. The molecule has 11 heteroatoms. The Morgan fingerprint density at radius 3 is 1.98 bits per heavy atom. The van der Waals surface area contributed by atoms with Gasteiger partial charge >= 0.3 is 12.0 Å². The SMILES string of the molecule is O=C1NC(F)C(=Cc2ccc(O)cc2)N1F.O=C1OC2(c3ccc(O)cc3Oc3cc(O)ccc32)c2ccccc21. The van der Waals surface area contributed by atoms with Crippen LogP contribution >= 0.6 is 0 Å². The standard InChI is InChI=1S/C20H12O5.C10H8F2N2O2/c21-11-5-7-15-17(9-11)24-18-10-12(22)6-8-16(18)20(15)14-4-2-1-3-13(14)19(23)25-20;11-9-8(14(12)10(16)13-9)5-6-1-3-7(15)4-2-6/h1-10,21-22H;1-5,9,15H,(H,13,16). The molecule has 0 saturated carbocycles. The number of amides is 2. The van der Waals surface area contributed by atoms with E-state index in [1.165, 1.54) is 54.6 Å². The first-order valence-corrected chi connectivity index (χ1v) is 12.3. The van der Waals surface area contributed by atoms with Gasteiger partial charge in [0, 0.05) is 28.8 Å². The van der Waals surface area contributed by atoms with Gasteiger partial charge in [0.1, 0.15) is 34.4 Å². The summed E-state index contributed by atoms with van der Waals surface area (Å²) in [6.45, 7) is 0. The number of hydrogen-bond acceptors (Lipinski definition) is 7. The van der Waals surface area contributed by atoms with Gasteiger partial charge in [-0.15, -0.1) is 5.12 Å². The Balaban J connectivity index is 0.000000164. The zero-order valence-electron chi connectivity index (χ0n) is 20.9. The Morgan fingerprint density at radius 2 is 1.39 bits per heavy atom. The second kappa shape index (κ2) is 9.56. The van der Waals surface area contributed by atoms with Crippen LogP contribution in [0.1, 0.15) is 32.6 Å². The van der Waals surface area contributed by atoms with Gasteiger partial charge in [0.2, 0.25) is 6.30 Å². The summed E-state index contributed by atoms with van der Waals surface area (Å²) < 4.78 is 38.0. The van der Waals surface area contributed by atoms with E-state index >= 15 is 0 Å². The first-order valence-electron chi connectivity index (χ1n) is 12.3. The van der Waals surface area contributed by atoms with Crippen LogP contribution in [0, 0.1) is 0 Å². The number of fused-ring (bicyclic) bond motifs is 6. The highest BCUT2D eigenvalue weighted by atomic mass is 19.2. The van der Waals surface area contributed by atoms with Crippen molar-refractivity contribution in [3.05, 3.63) is 118 Å². The molecule has 4 N–H and O–H groups in total. The molecule has 0 aliphatic carbocycles. The van der Waals surface area contributed by atoms with Gasteiger partial charge in [0.15, 0.2) is 5.60 Å². The van der Waals surface area contributed by atoms with Crippen molar-refractivity contribution in [2.24, 2.45) is 0 Å². The number of urea groups is 1. The van der Waals surface area contributed by atoms with Crippen LogP contribution in [0.3, 0.4) is 0 Å². The number of phenols is 3. The number of carbonyl (C=O) groups excluding carboxylic acids is 2. The minimum absolute atomic E-state index is 0.0371. The van der Waals surface area contributed by atoms with Crippen molar-refractivity contribution in [1.82, 2.24) is 10.4 Å². The second-order valence-corrected chi connectivity index (χ2v) is 9.33. The maximum atomic E-state index is 13.1. The molecule has 3 aliphatic rings. The maximum Gasteiger partial charge on any atom is 0.352 e. The van der Waals surface area contributed by atoms with E-state index in [1.807, 2.05) is 12.1 Å². The van der Waals surface area contributed by atoms with Gasteiger partial charge < -0.3 is 30.1 Å². The monoisotopic (exact) mass is 558 g/mol. The quantitative estimate of drug-likeness (QED) is 0.136. The Bertz CT molecular complexity index is 1690. The lowest BCUT2D eigenvalue weighted by atomic mass is 9.77. The topological polar surface area (TPSA) is 129 Å². The van der Waals surface area contributed by atoms with Crippen LogP contribution < -0.4 is 10.1 Å². The number of ether oxygens (including phenoxy) is 2. The van der Waals surface area contributed by atoms with Crippen LogP contribution in [0.5, 0.6) is 28.7 Å². The van der Waals surface area contributed by atoms with Gasteiger partial charge in [-0.25, -0.2) is 14.0 Å². The number of phenolic OH excluding ortho intramolecular Hbond substituents is 3. The Morgan fingerprint density at radius 1 is 0.805 bits per heavy atom. The molecule has 0 bridgehead atoms. The van der Waals surface area contributed by atoms with E-state index in [0.29, 0.717) is 39.3 Å². The molecule has 2 amide bonds. The van der Waals surface area contributed by atoms with Crippen molar-refractivity contribution >= 4 is 18.1 Å². The average molecular weight is 558 g/mol.